The number of thiazole rings is 1. The van der Waals surface area contributed by atoms with Gasteiger partial charge in [-0.15, -0.1) is 11.3 Å². The van der Waals surface area contributed by atoms with Gasteiger partial charge in [-0.2, -0.15) is 0 Å². The minimum absolute atomic E-state index is 0.211. The molecule has 2 aliphatic heterocycles. The molecule has 3 rings (SSSR count). The van der Waals surface area contributed by atoms with E-state index >= 15 is 0 Å². The SMILES string of the molecule is CCNC(=NCc1csc(N(C)C)n1)N1CCN(CC(=O)N2CCOCC2)CC1. The van der Waals surface area contributed by atoms with Crippen LogP contribution in [0.25, 0.3) is 0 Å². The first-order valence-electron chi connectivity index (χ1n) is 10.3. The highest BCUT2D eigenvalue weighted by Gasteiger charge is 2.24. The summed E-state index contributed by atoms with van der Waals surface area (Å²) in [5.41, 5.74) is 0.990. The van der Waals surface area contributed by atoms with E-state index < -0.39 is 0 Å². The number of nitrogens with zero attached hydrogens (tertiary/aromatic N) is 6. The molecule has 0 radical (unpaired) electrons. The molecule has 0 saturated carbocycles. The van der Waals surface area contributed by atoms with Crippen LogP contribution < -0.4 is 10.2 Å². The molecule has 2 fully saturated rings. The van der Waals surface area contributed by atoms with Crippen LogP contribution in [0.1, 0.15) is 12.6 Å². The number of aliphatic imine (C=N–C) groups is 1. The lowest BCUT2D eigenvalue weighted by Crippen LogP contribution is -2.54. The highest BCUT2D eigenvalue weighted by molar-refractivity contribution is 7.13. The molecule has 0 bridgehead atoms. The average molecular weight is 424 g/mol. The zero-order valence-electron chi connectivity index (χ0n) is 17.8. The Morgan fingerprint density at radius 1 is 1.21 bits per heavy atom. The normalized spacial score (nSPS) is 18.8. The molecule has 2 saturated heterocycles. The number of morpholine rings is 1. The van der Waals surface area contributed by atoms with Gasteiger partial charge in [-0.1, -0.05) is 0 Å². The Morgan fingerprint density at radius 2 is 1.93 bits per heavy atom. The number of ether oxygens (including phenoxy) is 1. The van der Waals surface area contributed by atoms with Crippen LogP contribution in [0.5, 0.6) is 0 Å². The van der Waals surface area contributed by atoms with Crippen LogP contribution in [0.3, 0.4) is 0 Å². The summed E-state index contributed by atoms with van der Waals surface area (Å²) < 4.78 is 5.33. The number of hydrogen-bond donors (Lipinski definition) is 1. The lowest BCUT2D eigenvalue weighted by Gasteiger charge is -2.37. The van der Waals surface area contributed by atoms with Gasteiger partial charge in [-0.3, -0.25) is 9.69 Å². The number of anilines is 1. The topological polar surface area (TPSA) is 76.5 Å². The number of carbonyl (C=O) groups excluding carboxylic acids is 1. The second-order valence-corrected chi connectivity index (χ2v) is 8.28. The number of guanidine groups is 1. The molecule has 0 spiro atoms. The molecule has 1 aromatic rings. The van der Waals surface area contributed by atoms with E-state index in [1.165, 1.54) is 0 Å². The van der Waals surface area contributed by atoms with Crippen molar-refractivity contribution in [2.75, 3.05) is 84.6 Å². The molecule has 0 aromatic carbocycles. The van der Waals surface area contributed by atoms with Crippen LogP contribution in [0.4, 0.5) is 5.13 Å². The van der Waals surface area contributed by atoms with Gasteiger partial charge in [0, 0.05) is 65.3 Å². The van der Waals surface area contributed by atoms with Gasteiger partial charge in [0.15, 0.2) is 11.1 Å². The van der Waals surface area contributed by atoms with E-state index in [0.29, 0.717) is 39.4 Å². The monoisotopic (exact) mass is 423 g/mol. The number of nitrogens with one attached hydrogen (secondary N) is 1. The number of carbonyl (C=O) groups is 1. The Morgan fingerprint density at radius 3 is 2.55 bits per heavy atom. The van der Waals surface area contributed by atoms with E-state index in [1.807, 2.05) is 23.9 Å². The van der Waals surface area contributed by atoms with Gasteiger partial charge >= 0.3 is 0 Å². The molecule has 29 heavy (non-hydrogen) atoms. The Balaban J connectivity index is 1.50. The van der Waals surface area contributed by atoms with Crippen molar-refractivity contribution in [2.45, 2.75) is 13.5 Å². The van der Waals surface area contributed by atoms with E-state index in [9.17, 15) is 4.79 Å². The van der Waals surface area contributed by atoms with Crippen LogP contribution in [0, 0.1) is 0 Å². The van der Waals surface area contributed by atoms with Crippen LogP contribution in [0.2, 0.25) is 0 Å². The third-order valence-electron chi connectivity index (χ3n) is 5.04. The second-order valence-electron chi connectivity index (χ2n) is 7.44. The second kappa shape index (κ2) is 10.7. The molecular weight excluding hydrogens is 390 g/mol. The van der Waals surface area contributed by atoms with Crippen LogP contribution in [-0.2, 0) is 16.1 Å². The van der Waals surface area contributed by atoms with Crippen molar-refractivity contribution in [1.29, 1.82) is 0 Å². The first-order chi connectivity index (χ1) is 14.1. The number of amides is 1. The number of rotatable bonds is 6. The summed E-state index contributed by atoms with van der Waals surface area (Å²) in [5.74, 6) is 1.13. The van der Waals surface area contributed by atoms with Crippen molar-refractivity contribution in [3.8, 4) is 0 Å². The predicted octanol–water partition coefficient (Wildman–Crippen LogP) is 0.151. The van der Waals surface area contributed by atoms with Gasteiger partial charge in [-0.25, -0.2) is 9.98 Å². The number of aromatic nitrogens is 1. The molecule has 162 valence electrons. The van der Waals surface area contributed by atoms with E-state index in [0.717, 1.165) is 49.5 Å². The van der Waals surface area contributed by atoms with E-state index in [2.05, 4.69) is 32.4 Å². The Hall–Kier alpha value is -1.91. The fourth-order valence-corrected chi connectivity index (χ4v) is 4.13. The molecule has 0 unspecified atom stereocenters. The number of piperazine rings is 1. The minimum Gasteiger partial charge on any atom is -0.378 e. The number of hydrogen-bond acceptors (Lipinski definition) is 7. The fourth-order valence-electron chi connectivity index (χ4n) is 3.38. The zero-order valence-corrected chi connectivity index (χ0v) is 18.6. The van der Waals surface area contributed by atoms with E-state index in [4.69, 9.17) is 9.73 Å². The van der Waals surface area contributed by atoms with Crippen molar-refractivity contribution in [3.63, 3.8) is 0 Å². The summed E-state index contributed by atoms with van der Waals surface area (Å²) in [6.07, 6.45) is 0. The van der Waals surface area contributed by atoms with E-state index in [1.54, 1.807) is 11.3 Å². The summed E-state index contributed by atoms with van der Waals surface area (Å²) in [6, 6.07) is 0. The quantitative estimate of drug-likeness (QED) is 0.516. The summed E-state index contributed by atoms with van der Waals surface area (Å²) in [5, 5.41) is 6.46. The highest BCUT2D eigenvalue weighted by Crippen LogP contribution is 2.18. The molecular formula is C19H33N7O2S. The van der Waals surface area contributed by atoms with Crippen LogP contribution in [0.15, 0.2) is 10.4 Å². The van der Waals surface area contributed by atoms with Crippen molar-refractivity contribution in [1.82, 2.24) is 25.0 Å². The first kappa shape index (κ1) is 21.8. The Kier molecular flexibility index (Phi) is 8.08. The Labute approximate surface area is 177 Å². The molecule has 1 N–H and O–H groups in total. The summed E-state index contributed by atoms with van der Waals surface area (Å²) in [4.78, 5) is 30.3. The molecule has 3 heterocycles. The van der Waals surface area contributed by atoms with Crippen molar-refractivity contribution < 1.29 is 9.53 Å². The van der Waals surface area contributed by atoms with Crippen molar-refractivity contribution in [3.05, 3.63) is 11.1 Å². The summed E-state index contributed by atoms with van der Waals surface area (Å²) in [7, 11) is 4.00. The van der Waals surface area contributed by atoms with Gasteiger partial charge in [-0.05, 0) is 6.92 Å². The van der Waals surface area contributed by atoms with Gasteiger partial charge < -0.3 is 24.8 Å². The first-order valence-corrected chi connectivity index (χ1v) is 11.2. The smallest absolute Gasteiger partial charge is 0.236 e. The highest BCUT2D eigenvalue weighted by atomic mass is 32.1. The average Bonchev–Trinajstić information content (AvgIpc) is 3.22. The zero-order chi connectivity index (χ0) is 20.6. The summed E-state index contributed by atoms with van der Waals surface area (Å²) >= 11 is 1.64. The molecule has 10 heteroatoms. The molecule has 0 aliphatic carbocycles. The maximum Gasteiger partial charge on any atom is 0.236 e. The lowest BCUT2D eigenvalue weighted by molar-refractivity contribution is -0.136. The molecule has 2 aliphatic rings. The van der Waals surface area contributed by atoms with Gasteiger partial charge in [0.2, 0.25) is 5.91 Å². The van der Waals surface area contributed by atoms with Crippen molar-refractivity contribution >= 4 is 28.3 Å². The standard InChI is InChI=1S/C19H33N7O2S/c1-4-20-18(21-13-16-15-29-19(22-16)23(2)3)26-7-5-24(6-8-26)14-17(27)25-9-11-28-12-10-25/h15H,4-14H2,1-3H3,(H,20,21). The summed E-state index contributed by atoms with van der Waals surface area (Å²) in [6.45, 7) is 10.2. The Bertz CT molecular complexity index is 680. The predicted molar refractivity (Wildman–Crippen MR) is 117 cm³/mol. The molecule has 0 atom stereocenters. The fraction of sp³-hybridized carbons (Fsp3) is 0.737. The molecule has 1 amide bonds. The van der Waals surface area contributed by atoms with Gasteiger partial charge in [0.05, 0.1) is 32.0 Å². The van der Waals surface area contributed by atoms with Gasteiger partial charge in [0.1, 0.15) is 0 Å². The van der Waals surface area contributed by atoms with Crippen LogP contribution >= 0.6 is 11.3 Å². The maximum atomic E-state index is 12.5. The third-order valence-corrected chi connectivity index (χ3v) is 6.10. The van der Waals surface area contributed by atoms with E-state index in [-0.39, 0.29) is 5.91 Å². The van der Waals surface area contributed by atoms with Crippen LogP contribution in [-0.4, -0.2) is 111 Å². The maximum absolute atomic E-state index is 12.5. The largest absolute Gasteiger partial charge is 0.378 e. The molecule has 1 aromatic heterocycles. The lowest BCUT2D eigenvalue weighted by atomic mass is 10.3. The minimum atomic E-state index is 0.211. The van der Waals surface area contributed by atoms with Crippen molar-refractivity contribution in [2.24, 2.45) is 4.99 Å². The molecule has 9 nitrogen and oxygen atoms in total. The third kappa shape index (κ3) is 6.28. The van der Waals surface area contributed by atoms with Gasteiger partial charge in [0.25, 0.3) is 0 Å².